The first-order chi connectivity index (χ1) is 11.1. The van der Waals surface area contributed by atoms with Gasteiger partial charge in [0, 0.05) is 6.54 Å². The molecule has 0 radical (unpaired) electrons. The van der Waals surface area contributed by atoms with Crippen LogP contribution in [-0.2, 0) is 9.53 Å². The highest BCUT2D eigenvalue weighted by molar-refractivity contribution is 5.85. The number of carbonyl (C=O) groups excluding carboxylic acids is 1. The second-order valence-corrected chi connectivity index (χ2v) is 5.87. The van der Waals surface area contributed by atoms with Gasteiger partial charge in [-0.05, 0) is 57.5 Å². The van der Waals surface area contributed by atoms with E-state index in [1.165, 1.54) is 0 Å². The molecule has 0 N–H and O–H groups in total. The minimum atomic E-state index is -0.0483. The zero-order chi connectivity index (χ0) is 16.7. The maximum absolute atomic E-state index is 11.7. The Bertz CT molecular complexity index is 516. The third-order valence-corrected chi connectivity index (χ3v) is 4.19. The summed E-state index contributed by atoms with van der Waals surface area (Å²) >= 11 is 0. The van der Waals surface area contributed by atoms with E-state index in [-0.39, 0.29) is 24.3 Å². The van der Waals surface area contributed by atoms with E-state index in [1.54, 1.807) is 7.11 Å². The van der Waals surface area contributed by atoms with E-state index in [9.17, 15) is 4.79 Å². The zero-order valence-electron chi connectivity index (χ0n) is 14.7. The van der Waals surface area contributed by atoms with Crippen molar-refractivity contribution in [2.24, 2.45) is 5.92 Å². The second-order valence-electron chi connectivity index (χ2n) is 5.87. The van der Waals surface area contributed by atoms with Crippen molar-refractivity contribution in [3.63, 3.8) is 0 Å². The molecule has 0 aliphatic carbocycles. The fourth-order valence-electron chi connectivity index (χ4n) is 2.83. The number of piperidine rings is 1. The van der Waals surface area contributed by atoms with Crippen LogP contribution >= 0.6 is 12.4 Å². The fourth-order valence-corrected chi connectivity index (χ4v) is 2.83. The maximum Gasteiger partial charge on any atom is 0.309 e. The highest BCUT2D eigenvalue weighted by Gasteiger charge is 2.25. The normalized spacial score (nSPS) is 15.5. The number of methoxy groups -OCH3 is 1. The molecule has 0 atom stereocenters. The van der Waals surface area contributed by atoms with Crippen LogP contribution in [0.4, 0.5) is 0 Å². The van der Waals surface area contributed by atoms with Gasteiger partial charge in [-0.2, -0.15) is 0 Å². The predicted octanol–water partition coefficient (Wildman–Crippen LogP) is 3.08. The van der Waals surface area contributed by atoms with Crippen molar-refractivity contribution in [3.05, 3.63) is 23.8 Å². The molecule has 136 valence electrons. The van der Waals surface area contributed by atoms with Crippen LogP contribution in [0.15, 0.2) is 18.2 Å². The van der Waals surface area contributed by atoms with Crippen LogP contribution in [0.25, 0.3) is 0 Å². The number of rotatable bonds is 7. The van der Waals surface area contributed by atoms with Crippen molar-refractivity contribution in [2.75, 3.05) is 40.0 Å². The fraction of sp³-hybridized carbons (Fsp3) is 0.611. The van der Waals surface area contributed by atoms with Crippen molar-refractivity contribution in [1.29, 1.82) is 0 Å². The molecule has 0 saturated carbocycles. The minimum absolute atomic E-state index is 0. The molecule has 1 fully saturated rings. The summed E-state index contributed by atoms with van der Waals surface area (Å²) in [6.07, 6.45) is 1.74. The Labute approximate surface area is 150 Å². The SMILES string of the molecule is CCOC(=O)C1CCN(CCOc2ccc(C)cc2OC)CC1.Cl. The van der Waals surface area contributed by atoms with Gasteiger partial charge in [0.15, 0.2) is 11.5 Å². The van der Waals surface area contributed by atoms with Crippen molar-refractivity contribution in [3.8, 4) is 11.5 Å². The Morgan fingerprint density at radius 2 is 1.96 bits per heavy atom. The molecular weight excluding hydrogens is 330 g/mol. The van der Waals surface area contributed by atoms with E-state index in [2.05, 4.69) is 4.90 Å². The number of likely N-dealkylation sites (tertiary alicyclic amines) is 1. The summed E-state index contributed by atoms with van der Waals surface area (Å²) in [5.74, 6) is 1.56. The lowest BCUT2D eigenvalue weighted by molar-refractivity contribution is -0.149. The van der Waals surface area contributed by atoms with E-state index in [0.717, 1.165) is 49.5 Å². The van der Waals surface area contributed by atoms with E-state index in [4.69, 9.17) is 14.2 Å². The minimum Gasteiger partial charge on any atom is -0.493 e. The van der Waals surface area contributed by atoms with Gasteiger partial charge in [0.25, 0.3) is 0 Å². The summed E-state index contributed by atoms with van der Waals surface area (Å²) in [7, 11) is 1.65. The van der Waals surface area contributed by atoms with E-state index < -0.39 is 0 Å². The third kappa shape index (κ3) is 5.87. The van der Waals surface area contributed by atoms with Gasteiger partial charge in [-0.25, -0.2) is 0 Å². The highest BCUT2D eigenvalue weighted by Crippen LogP contribution is 2.27. The summed E-state index contributed by atoms with van der Waals surface area (Å²) in [5, 5.41) is 0. The quantitative estimate of drug-likeness (QED) is 0.702. The summed E-state index contributed by atoms with van der Waals surface area (Å²) in [6.45, 7) is 7.64. The Kier molecular flexibility index (Phi) is 8.93. The number of hydrogen-bond donors (Lipinski definition) is 0. The van der Waals surface area contributed by atoms with Crippen LogP contribution in [0.2, 0.25) is 0 Å². The second kappa shape index (κ2) is 10.4. The van der Waals surface area contributed by atoms with Crippen LogP contribution in [0.3, 0.4) is 0 Å². The molecule has 1 heterocycles. The van der Waals surface area contributed by atoms with Gasteiger partial charge in [-0.3, -0.25) is 9.69 Å². The molecule has 2 rings (SSSR count). The van der Waals surface area contributed by atoms with Crippen molar-refractivity contribution in [2.45, 2.75) is 26.7 Å². The number of halogens is 1. The average molecular weight is 358 g/mol. The Morgan fingerprint density at radius 3 is 2.58 bits per heavy atom. The summed E-state index contributed by atoms with van der Waals surface area (Å²) in [5.41, 5.74) is 1.15. The van der Waals surface area contributed by atoms with Crippen molar-refractivity contribution < 1.29 is 19.0 Å². The summed E-state index contributed by atoms with van der Waals surface area (Å²) in [4.78, 5) is 14.1. The molecule has 1 aromatic carbocycles. The molecule has 1 saturated heterocycles. The first kappa shape index (κ1) is 20.6. The van der Waals surface area contributed by atoms with Crippen LogP contribution in [0, 0.1) is 12.8 Å². The van der Waals surface area contributed by atoms with Gasteiger partial charge >= 0.3 is 5.97 Å². The maximum atomic E-state index is 11.7. The Morgan fingerprint density at radius 1 is 1.25 bits per heavy atom. The first-order valence-electron chi connectivity index (χ1n) is 8.30. The first-order valence-corrected chi connectivity index (χ1v) is 8.30. The number of carbonyl (C=O) groups is 1. The number of aryl methyl sites for hydroxylation is 1. The van der Waals surface area contributed by atoms with Gasteiger partial charge in [0.2, 0.25) is 0 Å². The molecule has 0 amide bonds. The van der Waals surface area contributed by atoms with E-state index in [0.29, 0.717) is 13.2 Å². The van der Waals surface area contributed by atoms with Crippen molar-refractivity contribution >= 4 is 18.4 Å². The largest absolute Gasteiger partial charge is 0.493 e. The van der Waals surface area contributed by atoms with Crippen LogP contribution < -0.4 is 9.47 Å². The van der Waals surface area contributed by atoms with Crippen LogP contribution in [0.5, 0.6) is 11.5 Å². The molecule has 6 heteroatoms. The number of nitrogens with zero attached hydrogens (tertiary/aromatic N) is 1. The van der Waals surface area contributed by atoms with E-state index >= 15 is 0 Å². The van der Waals surface area contributed by atoms with Gasteiger partial charge in [-0.1, -0.05) is 6.07 Å². The van der Waals surface area contributed by atoms with E-state index in [1.807, 2.05) is 32.0 Å². The molecule has 5 nitrogen and oxygen atoms in total. The lowest BCUT2D eigenvalue weighted by atomic mass is 9.97. The van der Waals surface area contributed by atoms with Crippen LogP contribution in [-0.4, -0.2) is 50.8 Å². The smallest absolute Gasteiger partial charge is 0.309 e. The molecule has 0 bridgehead atoms. The molecule has 0 unspecified atom stereocenters. The Hall–Kier alpha value is -1.46. The van der Waals surface area contributed by atoms with Gasteiger partial charge in [0.1, 0.15) is 6.61 Å². The standard InChI is InChI=1S/C18H27NO4.ClH/c1-4-22-18(20)15-7-9-19(10-8-15)11-12-23-16-6-5-14(2)13-17(16)21-3;/h5-6,13,15H,4,7-12H2,1-3H3;1H. The lowest BCUT2D eigenvalue weighted by Gasteiger charge is -2.30. The number of ether oxygens (including phenoxy) is 3. The molecule has 0 spiro atoms. The van der Waals surface area contributed by atoms with Gasteiger partial charge < -0.3 is 14.2 Å². The highest BCUT2D eigenvalue weighted by atomic mass is 35.5. The van der Waals surface area contributed by atoms with Crippen molar-refractivity contribution in [1.82, 2.24) is 4.90 Å². The molecule has 1 aromatic rings. The topological polar surface area (TPSA) is 48.0 Å². The summed E-state index contributed by atoms with van der Waals surface area (Å²) in [6, 6.07) is 5.93. The van der Waals surface area contributed by atoms with Gasteiger partial charge in [0.05, 0.1) is 19.6 Å². The number of hydrogen-bond acceptors (Lipinski definition) is 5. The zero-order valence-corrected chi connectivity index (χ0v) is 15.6. The van der Waals surface area contributed by atoms with Gasteiger partial charge in [-0.15, -0.1) is 12.4 Å². The monoisotopic (exact) mass is 357 g/mol. The van der Waals surface area contributed by atoms with Crippen LogP contribution in [0.1, 0.15) is 25.3 Å². The molecule has 24 heavy (non-hydrogen) atoms. The molecular formula is C18H28ClNO4. The third-order valence-electron chi connectivity index (χ3n) is 4.19. The number of esters is 1. The summed E-state index contributed by atoms with van der Waals surface area (Å²) < 4.78 is 16.3. The lowest BCUT2D eigenvalue weighted by Crippen LogP contribution is -2.39. The number of benzene rings is 1. The molecule has 1 aliphatic rings. The Balaban J connectivity index is 0.00000288. The molecule has 0 aromatic heterocycles. The molecule has 1 aliphatic heterocycles. The predicted molar refractivity (Wildman–Crippen MR) is 96.3 cm³/mol. The average Bonchev–Trinajstić information content (AvgIpc) is 2.57.